The van der Waals surface area contributed by atoms with Crippen LogP contribution in [0, 0.1) is 5.41 Å². The van der Waals surface area contributed by atoms with Crippen LogP contribution in [0.25, 0.3) is 0 Å². The monoisotopic (exact) mass is 155 g/mol. The summed E-state index contributed by atoms with van der Waals surface area (Å²) in [6, 6.07) is 0. The Labute approximate surface area is 68.6 Å². The first kappa shape index (κ1) is 8.57. The first-order valence-electron chi connectivity index (χ1n) is 4.42. The van der Waals surface area contributed by atoms with Crippen LogP contribution in [-0.2, 0) is 4.79 Å². The zero-order valence-corrected chi connectivity index (χ0v) is 7.68. The lowest BCUT2D eigenvalue weighted by atomic mass is 9.81. The smallest absolute Gasteiger partial charge is 0.228 e. The number of hydrogen-bond donors (Lipinski definition) is 0. The van der Waals surface area contributed by atoms with Crippen molar-refractivity contribution in [3.05, 3.63) is 0 Å². The topological polar surface area (TPSA) is 20.3 Å². The third kappa shape index (κ3) is 1.15. The Bertz CT molecular complexity index is 161. The number of rotatable bonds is 2. The number of hydrogen-bond acceptors (Lipinski definition) is 1. The molecule has 0 bridgehead atoms. The molecule has 1 amide bonds. The van der Waals surface area contributed by atoms with Gasteiger partial charge in [0.05, 0.1) is 5.41 Å². The van der Waals surface area contributed by atoms with Crippen molar-refractivity contribution < 1.29 is 4.79 Å². The van der Waals surface area contributed by atoms with Crippen molar-refractivity contribution >= 4 is 5.91 Å². The summed E-state index contributed by atoms with van der Waals surface area (Å²) in [5.74, 6) is 0.350. The van der Waals surface area contributed by atoms with E-state index in [4.69, 9.17) is 0 Å². The second kappa shape index (κ2) is 2.84. The average molecular weight is 155 g/mol. The maximum absolute atomic E-state index is 11.6. The van der Waals surface area contributed by atoms with Gasteiger partial charge in [0.25, 0.3) is 0 Å². The van der Waals surface area contributed by atoms with Gasteiger partial charge in [-0.25, -0.2) is 0 Å². The Hall–Kier alpha value is -0.530. The summed E-state index contributed by atoms with van der Waals surface area (Å²) < 4.78 is 0. The van der Waals surface area contributed by atoms with Crippen LogP contribution in [0.3, 0.4) is 0 Å². The highest BCUT2D eigenvalue weighted by atomic mass is 16.2. The molecule has 0 N–H and O–H groups in total. The molecule has 1 fully saturated rings. The lowest BCUT2D eigenvalue weighted by Crippen LogP contribution is -2.31. The molecule has 0 spiro atoms. The molecule has 1 rings (SSSR count). The number of carbonyl (C=O) groups excluding carboxylic acids is 1. The molecule has 0 aromatic heterocycles. The van der Waals surface area contributed by atoms with Crippen molar-refractivity contribution in [2.24, 2.45) is 5.41 Å². The molecule has 1 aliphatic rings. The Morgan fingerprint density at radius 3 is 2.18 bits per heavy atom. The molecule has 0 atom stereocenters. The number of nitrogens with zero attached hydrogens (tertiary/aromatic N) is 1. The van der Waals surface area contributed by atoms with Crippen LogP contribution in [-0.4, -0.2) is 24.4 Å². The van der Waals surface area contributed by atoms with E-state index in [1.165, 1.54) is 0 Å². The molecule has 2 heteroatoms. The maximum atomic E-state index is 11.6. The van der Waals surface area contributed by atoms with Crippen molar-refractivity contribution in [2.75, 3.05) is 13.6 Å². The summed E-state index contributed by atoms with van der Waals surface area (Å²) in [6.07, 6.45) is 3.04. The van der Waals surface area contributed by atoms with E-state index in [1.807, 2.05) is 11.9 Å². The van der Waals surface area contributed by atoms with E-state index in [2.05, 4.69) is 13.8 Å². The summed E-state index contributed by atoms with van der Waals surface area (Å²) in [6.45, 7) is 5.17. The minimum Gasteiger partial charge on any atom is -0.345 e. The minimum absolute atomic E-state index is 0.00521. The van der Waals surface area contributed by atoms with Crippen molar-refractivity contribution in [3.8, 4) is 0 Å². The van der Waals surface area contributed by atoms with Gasteiger partial charge in [0, 0.05) is 13.6 Å². The van der Waals surface area contributed by atoms with Gasteiger partial charge in [-0.1, -0.05) is 13.8 Å². The fourth-order valence-corrected chi connectivity index (χ4v) is 1.90. The Kier molecular flexibility index (Phi) is 2.21. The summed E-state index contributed by atoms with van der Waals surface area (Å²) in [5.41, 5.74) is -0.00521. The molecule has 1 heterocycles. The van der Waals surface area contributed by atoms with Gasteiger partial charge in [0.15, 0.2) is 0 Å². The summed E-state index contributed by atoms with van der Waals surface area (Å²) >= 11 is 0. The van der Waals surface area contributed by atoms with Gasteiger partial charge >= 0.3 is 0 Å². The minimum atomic E-state index is -0.00521. The highest BCUT2D eigenvalue weighted by Gasteiger charge is 2.41. The first-order chi connectivity index (χ1) is 5.16. The second-order valence-electron chi connectivity index (χ2n) is 3.46. The molecule has 0 aromatic rings. The van der Waals surface area contributed by atoms with Crippen LogP contribution >= 0.6 is 0 Å². The molecule has 0 unspecified atom stereocenters. The van der Waals surface area contributed by atoms with Crippen molar-refractivity contribution in [1.82, 2.24) is 4.90 Å². The standard InChI is InChI=1S/C9H17NO/c1-4-9(5-2)6-7-10(3)8(9)11/h4-7H2,1-3H3. The number of amides is 1. The largest absolute Gasteiger partial charge is 0.345 e. The summed E-state index contributed by atoms with van der Waals surface area (Å²) in [7, 11) is 1.90. The predicted molar refractivity (Wildman–Crippen MR) is 45.3 cm³/mol. The van der Waals surface area contributed by atoms with Crippen LogP contribution in [0.1, 0.15) is 33.1 Å². The molecular formula is C9H17NO. The molecule has 0 aliphatic carbocycles. The van der Waals surface area contributed by atoms with E-state index in [0.29, 0.717) is 5.91 Å². The van der Waals surface area contributed by atoms with Gasteiger partial charge in [0.1, 0.15) is 0 Å². The Morgan fingerprint density at radius 1 is 1.45 bits per heavy atom. The van der Waals surface area contributed by atoms with Gasteiger partial charge < -0.3 is 4.90 Å². The highest BCUT2D eigenvalue weighted by Crippen LogP contribution is 2.37. The van der Waals surface area contributed by atoms with E-state index in [9.17, 15) is 4.79 Å². The Balaban J connectivity index is 2.78. The molecule has 0 aromatic carbocycles. The molecule has 64 valence electrons. The Morgan fingerprint density at radius 2 is 2.00 bits per heavy atom. The van der Waals surface area contributed by atoms with E-state index in [0.717, 1.165) is 25.8 Å². The van der Waals surface area contributed by atoms with Crippen LogP contribution in [0.2, 0.25) is 0 Å². The third-order valence-corrected chi connectivity index (χ3v) is 3.08. The summed E-state index contributed by atoms with van der Waals surface area (Å²) in [5, 5.41) is 0. The van der Waals surface area contributed by atoms with Gasteiger partial charge in [-0.05, 0) is 19.3 Å². The van der Waals surface area contributed by atoms with Crippen LogP contribution in [0.4, 0.5) is 0 Å². The maximum Gasteiger partial charge on any atom is 0.228 e. The number of likely N-dealkylation sites (tertiary alicyclic amines) is 1. The van der Waals surface area contributed by atoms with E-state index >= 15 is 0 Å². The lowest BCUT2D eigenvalue weighted by Gasteiger charge is -2.23. The molecule has 2 nitrogen and oxygen atoms in total. The first-order valence-corrected chi connectivity index (χ1v) is 4.42. The van der Waals surface area contributed by atoms with Gasteiger partial charge in [-0.3, -0.25) is 4.79 Å². The average Bonchev–Trinajstić information content (AvgIpc) is 2.32. The van der Waals surface area contributed by atoms with Crippen molar-refractivity contribution in [2.45, 2.75) is 33.1 Å². The van der Waals surface area contributed by atoms with Crippen molar-refractivity contribution in [1.29, 1.82) is 0 Å². The van der Waals surface area contributed by atoms with Crippen LogP contribution < -0.4 is 0 Å². The molecule has 0 saturated carbocycles. The van der Waals surface area contributed by atoms with Gasteiger partial charge in [-0.15, -0.1) is 0 Å². The quantitative estimate of drug-likeness (QED) is 0.594. The van der Waals surface area contributed by atoms with Gasteiger partial charge in [-0.2, -0.15) is 0 Å². The van der Waals surface area contributed by atoms with Gasteiger partial charge in [0.2, 0.25) is 5.91 Å². The van der Waals surface area contributed by atoms with Crippen LogP contribution in [0.15, 0.2) is 0 Å². The molecule has 1 aliphatic heterocycles. The van der Waals surface area contributed by atoms with Crippen LogP contribution in [0.5, 0.6) is 0 Å². The molecule has 1 saturated heterocycles. The van der Waals surface area contributed by atoms with E-state index < -0.39 is 0 Å². The SMILES string of the molecule is CCC1(CC)CCN(C)C1=O. The summed E-state index contributed by atoms with van der Waals surface area (Å²) in [4.78, 5) is 13.5. The third-order valence-electron chi connectivity index (χ3n) is 3.08. The zero-order chi connectivity index (χ0) is 8.48. The molecular weight excluding hydrogens is 138 g/mol. The second-order valence-corrected chi connectivity index (χ2v) is 3.46. The number of carbonyl (C=O) groups is 1. The van der Waals surface area contributed by atoms with Crippen molar-refractivity contribution in [3.63, 3.8) is 0 Å². The highest BCUT2D eigenvalue weighted by molar-refractivity contribution is 5.84. The predicted octanol–water partition coefficient (Wildman–Crippen LogP) is 1.65. The van der Waals surface area contributed by atoms with E-state index in [1.54, 1.807) is 0 Å². The fourth-order valence-electron chi connectivity index (χ4n) is 1.90. The molecule has 11 heavy (non-hydrogen) atoms. The zero-order valence-electron chi connectivity index (χ0n) is 7.68. The van der Waals surface area contributed by atoms with E-state index in [-0.39, 0.29) is 5.41 Å². The molecule has 0 radical (unpaired) electrons. The fraction of sp³-hybridized carbons (Fsp3) is 0.889. The normalized spacial score (nSPS) is 22.8. The lowest BCUT2D eigenvalue weighted by molar-refractivity contribution is -0.135.